The molecule has 0 aliphatic rings. The Morgan fingerprint density at radius 3 is 2.94 bits per heavy atom. The van der Waals surface area contributed by atoms with Crippen LogP contribution in [0.5, 0.6) is 0 Å². The molecule has 0 amide bonds. The van der Waals surface area contributed by atoms with Crippen molar-refractivity contribution in [1.29, 1.82) is 0 Å². The maximum absolute atomic E-state index is 5.94. The lowest BCUT2D eigenvalue weighted by molar-refractivity contribution is 0.449. The Labute approximate surface area is 113 Å². The molecule has 90 valence electrons. The van der Waals surface area contributed by atoms with Crippen LogP contribution in [-0.2, 0) is 13.1 Å². The van der Waals surface area contributed by atoms with Crippen molar-refractivity contribution in [2.75, 3.05) is 0 Å². The van der Waals surface area contributed by atoms with E-state index in [1.165, 1.54) is 0 Å². The van der Waals surface area contributed by atoms with Crippen LogP contribution in [0.25, 0.3) is 0 Å². The summed E-state index contributed by atoms with van der Waals surface area (Å²) in [6.45, 7) is 3.19. The van der Waals surface area contributed by atoms with E-state index in [-0.39, 0.29) is 0 Å². The fraction of sp³-hybridized carbons (Fsp3) is 0.250. The van der Waals surface area contributed by atoms with Gasteiger partial charge in [0.2, 0.25) is 5.89 Å². The third-order valence-electron chi connectivity index (χ3n) is 2.27. The van der Waals surface area contributed by atoms with Crippen LogP contribution < -0.4 is 5.32 Å². The molecule has 0 bridgehead atoms. The molecule has 5 heteroatoms. The van der Waals surface area contributed by atoms with E-state index in [0.717, 1.165) is 20.8 Å². The van der Waals surface area contributed by atoms with Gasteiger partial charge in [0, 0.05) is 16.0 Å². The number of hydrogen-bond acceptors (Lipinski definition) is 3. The molecule has 1 aromatic carbocycles. The number of benzene rings is 1. The molecule has 2 rings (SSSR count). The van der Waals surface area contributed by atoms with E-state index in [0.29, 0.717) is 19.0 Å². The number of aromatic nitrogens is 1. The molecule has 0 saturated heterocycles. The fourth-order valence-electron chi connectivity index (χ4n) is 1.47. The van der Waals surface area contributed by atoms with Gasteiger partial charge >= 0.3 is 0 Å². The number of oxazole rings is 1. The lowest BCUT2D eigenvalue weighted by Crippen LogP contribution is -2.13. The third kappa shape index (κ3) is 3.56. The molecule has 0 atom stereocenters. The zero-order chi connectivity index (χ0) is 12.3. The van der Waals surface area contributed by atoms with Crippen molar-refractivity contribution in [3.05, 3.63) is 51.1 Å². The molecule has 0 radical (unpaired) electrons. The van der Waals surface area contributed by atoms with E-state index < -0.39 is 0 Å². The van der Waals surface area contributed by atoms with Crippen LogP contribution in [-0.4, -0.2) is 4.98 Å². The average molecular weight is 316 g/mol. The summed E-state index contributed by atoms with van der Waals surface area (Å²) in [5, 5.41) is 3.99. The Bertz CT molecular complexity index is 513. The smallest absolute Gasteiger partial charge is 0.208 e. The van der Waals surface area contributed by atoms with Crippen molar-refractivity contribution in [2.24, 2.45) is 0 Å². The van der Waals surface area contributed by atoms with Crippen molar-refractivity contribution in [2.45, 2.75) is 20.0 Å². The van der Waals surface area contributed by atoms with Gasteiger partial charge in [0.05, 0.1) is 12.7 Å². The molecule has 3 nitrogen and oxygen atoms in total. The summed E-state index contributed by atoms with van der Waals surface area (Å²) in [6.07, 6.45) is 1.71. The molecule has 17 heavy (non-hydrogen) atoms. The van der Waals surface area contributed by atoms with Crippen LogP contribution >= 0.6 is 27.5 Å². The van der Waals surface area contributed by atoms with Gasteiger partial charge in [-0.25, -0.2) is 4.98 Å². The lowest BCUT2D eigenvalue weighted by Gasteiger charge is -2.05. The van der Waals surface area contributed by atoms with Crippen molar-refractivity contribution in [1.82, 2.24) is 10.3 Å². The Hall–Kier alpha value is -0.840. The Kier molecular flexibility index (Phi) is 4.20. The minimum atomic E-state index is 0.604. The quantitative estimate of drug-likeness (QED) is 0.935. The van der Waals surface area contributed by atoms with Crippen molar-refractivity contribution in [3.8, 4) is 0 Å². The number of nitrogens with one attached hydrogen (secondary N) is 1. The second kappa shape index (κ2) is 5.67. The van der Waals surface area contributed by atoms with Gasteiger partial charge in [-0.05, 0) is 30.7 Å². The lowest BCUT2D eigenvalue weighted by atomic mass is 10.2. The summed E-state index contributed by atoms with van der Waals surface area (Å²) in [5.41, 5.74) is 1.11. The van der Waals surface area contributed by atoms with Gasteiger partial charge in [-0.3, -0.25) is 0 Å². The predicted molar refractivity (Wildman–Crippen MR) is 70.9 cm³/mol. The minimum Gasteiger partial charge on any atom is -0.445 e. The maximum Gasteiger partial charge on any atom is 0.208 e. The monoisotopic (exact) mass is 314 g/mol. The number of hydrogen-bond donors (Lipinski definition) is 1. The molecule has 0 aliphatic heterocycles. The highest BCUT2D eigenvalue weighted by atomic mass is 79.9. The summed E-state index contributed by atoms with van der Waals surface area (Å²) in [5.74, 6) is 1.52. The number of rotatable bonds is 4. The molecule has 0 saturated carbocycles. The van der Waals surface area contributed by atoms with Crippen LogP contribution in [0.4, 0.5) is 0 Å². The summed E-state index contributed by atoms with van der Waals surface area (Å²) in [7, 11) is 0. The fourth-order valence-corrected chi connectivity index (χ4v) is 2.05. The van der Waals surface area contributed by atoms with E-state index in [1.807, 2.05) is 25.1 Å². The van der Waals surface area contributed by atoms with E-state index in [2.05, 4.69) is 26.2 Å². The second-order valence-electron chi connectivity index (χ2n) is 3.70. The van der Waals surface area contributed by atoms with Gasteiger partial charge in [0.25, 0.3) is 0 Å². The Morgan fingerprint density at radius 1 is 1.41 bits per heavy atom. The highest BCUT2D eigenvalue weighted by Gasteiger charge is 2.03. The highest BCUT2D eigenvalue weighted by Crippen LogP contribution is 2.20. The number of nitrogens with zero attached hydrogens (tertiary/aromatic N) is 1. The standard InChI is InChI=1S/C12H12BrClN2O/c1-8-5-16-12(17-8)7-15-6-9-4-10(14)2-3-11(9)13/h2-5,15H,6-7H2,1H3. The van der Waals surface area contributed by atoms with Crippen LogP contribution in [0.15, 0.2) is 33.3 Å². The predicted octanol–water partition coefficient (Wildman–Crippen LogP) is 3.69. The van der Waals surface area contributed by atoms with E-state index in [1.54, 1.807) is 6.20 Å². The molecule has 2 aromatic rings. The largest absolute Gasteiger partial charge is 0.445 e. The third-order valence-corrected chi connectivity index (χ3v) is 3.28. The zero-order valence-corrected chi connectivity index (χ0v) is 11.7. The van der Waals surface area contributed by atoms with Crippen LogP contribution in [0.2, 0.25) is 5.02 Å². The summed E-state index contributed by atoms with van der Waals surface area (Å²) >= 11 is 9.42. The molecular weight excluding hydrogens is 304 g/mol. The molecule has 1 aromatic heterocycles. The van der Waals surface area contributed by atoms with Crippen molar-refractivity contribution < 1.29 is 4.42 Å². The highest BCUT2D eigenvalue weighted by molar-refractivity contribution is 9.10. The van der Waals surface area contributed by atoms with E-state index >= 15 is 0 Å². The molecule has 1 heterocycles. The number of halogens is 2. The first-order chi connectivity index (χ1) is 8.15. The molecule has 0 spiro atoms. The molecular formula is C12H12BrClN2O. The van der Waals surface area contributed by atoms with Crippen molar-refractivity contribution in [3.63, 3.8) is 0 Å². The van der Waals surface area contributed by atoms with Crippen LogP contribution in [0, 0.1) is 6.92 Å². The van der Waals surface area contributed by atoms with Gasteiger partial charge in [-0.1, -0.05) is 27.5 Å². The first-order valence-electron chi connectivity index (χ1n) is 5.21. The van der Waals surface area contributed by atoms with Crippen LogP contribution in [0.3, 0.4) is 0 Å². The summed E-state index contributed by atoms with van der Waals surface area (Å²) in [6, 6.07) is 5.72. The minimum absolute atomic E-state index is 0.604. The molecule has 0 aliphatic carbocycles. The van der Waals surface area contributed by atoms with E-state index in [9.17, 15) is 0 Å². The SMILES string of the molecule is Cc1cnc(CNCc2cc(Cl)ccc2Br)o1. The summed E-state index contributed by atoms with van der Waals surface area (Å²) in [4.78, 5) is 4.12. The first kappa shape index (κ1) is 12.6. The second-order valence-corrected chi connectivity index (χ2v) is 4.99. The first-order valence-corrected chi connectivity index (χ1v) is 6.38. The van der Waals surface area contributed by atoms with Gasteiger partial charge in [-0.2, -0.15) is 0 Å². The Morgan fingerprint density at radius 2 is 2.24 bits per heavy atom. The van der Waals surface area contributed by atoms with E-state index in [4.69, 9.17) is 16.0 Å². The van der Waals surface area contributed by atoms with Gasteiger partial charge in [-0.15, -0.1) is 0 Å². The zero-order valence-electron chi connectivity index (χ0n) is 9.34. The topological polar surface area (TPSA) is 38.1 Å². The molecule has 1 N–H and O–H groups in total. The van der Waals surface area contributed by atoms with Crippen molar-refractivity contribution >= 4 is 27.5 Å². The van der Waals surface area contributed by atoms with Crippen LogP contribution in [0.1, 0.15) is 17.2 Å². The molecule has 0 fully saturated rings. The average Bonchev–Trinajstić information content (AvgIpc) is 2.69. The summed E-state index contributed by atoms with van der Waals surface area (Å²) < 4.78 is 6.40. The molecule has 0 unspecified atom stereocenters. The Balaban J connectivity index is 1.91. The maximum atomic E-state index is 5.94. The van der Waals surface area contributed by atoms with Gasteiger partial charge in [0.15, 0.2) is 0 Å². The number of aryl methyl sites for hydroxylation is 1. The van der Waals surface area contributed by atoms with Gasteiger partial charge in [0.1, 0.15) is 5.76 Å². The van der Waals surface area contributed by atoms with Gasteiger partial charge < -0.3 is 9.73 Å². The normalized spacial score (nSPS) is 10.8.